The Labute approximate surface area is 158 Å². The van der Waals surface area contributed by atoms with Gasteiger partial charge < -0.3 is 10.6 Å². The second-order valence-corrected chi connectivity index (χ2v) is 5.31. The maximum absolute atomic E-state index is 13.1. The minimum atomic E-state index is -0.554. The highest BCUT2D eigenvalue weighted by atomic mass is 127. The van der Waals surface area contributed by atoms with Crippen LogP contribution in [0.5, 0.6) is 0 Å². The molecule has 2 N–H and O–H groups in total. The van der Waals surface area contributed by atoms with Gasteiger partial charge in [-0.25, -0.2) is 8.78 Å². The average molecular weight is 445 g/mol. The summed E-state index contributed by atoms with van der Waals surface area (Å²) in [4.78, 5) is 4.15. The van der Waals surface area contributed by atoms with Crippen molar-refractivity contribution in [2.75, 3.05) is 13.6 Å². The molecule has 24 heavy (non-hydrogen) atoms. The summed E-state index contributed by atoms with van der Waals surface area (Å²) in [5.41, 5.74) is 3.03. The molecular formula is C18H22F2IN3. The number of halogens is 3. The first kappa shape index (κ1) is 20.3. The van der Waals surface area contributed by atoms with Crippen LogP contribution in [0.4, 0.5) is 8.78 Å². The van der Waals surface area contributed by atoms with Crippen molar-refractivity contribution in [3.8, 4) is 0 Å². The predicted octanol–water partition coefficient (Wildman–Crippen LogP) is 3.80. The van der Waals surface area contributed by atoms with Crippen LogP contribution in [-0.4, -0.2) is 19.6 Å². The minimum Gasteiger partial charge on any atom is -0.356 e. The minimum absolute atomic E-state index is 0. The second kappa shape index (κ2) is 10.2. The van der Waals surface area contributed by atoms with Gasteiger partial charge >= 0.3 is 0 Å². The molecule has 2 aromatic carbocycles. The number of aliphatic imine (C=N–C) groups is 1. The summed E-state index contributed by atoms with van der Waals surface area (Å²) in [5.74, 6) is -0.450. The van der Waals surface area contributed by atoms with Crippen molar-refractivity contribution < 1.29 is 8.78 Å². The van der Waals surface area contributed by atoms with Gasteiger partial charge in [0, 0.05) is 26.2 Å². The van der Waals surface area contributed by atoms with Crippen LogP contribution in [0.2, 0.25) is 0 Å². The Morgan fingerprint density at radius 3 is 2.33 bits per heavy atom. The highest BCUT2D eigenvalue weighted by Gasteiger charge is 2.03. The third kappa shape index (κ3) is 6.43. The lowest BCUT2D eigenvalue weighted by molar-refractivity contribution is 0.579. The molecule has 0 aliphatic rings. The van der Waals surface area contributed by atoms with Gasteiger partial charge in [0.15, 0.2) is 5.96 Å². The first-order valence-corrected chi connectivity index (χ1v) is 7.52. The third-order valence-corrected chi connectivity index (χ3v) is 3.56. The zero-order chi connectivity index (χ0) is 16.7. The predicted molar refractivity (Wildman–Crippen MR) is 105 cm³/mol. The lowest BCUT2D eigenvalue weighted by Crippen LogP contribution is -2.38. The summed E-state index contributed by atoms with van der Waals surface area (Å²) in [7, 11) is 1.69. The first-order valence-electron chi connectivity index (χ1n) is 7.52. The molecule has 0 aromatic heterocycles. The van der Waals surface area contributed by atoms with Gasteiger partial charge in [-0.05, 0) is 42.2 Å². The van der Waals surface area contributed by atoms with E-state index in [1.807, 2.05) is 12.1 Å². The quantitative estimate of drug-likeness (QED) is 0.418. The standard InChI is InChI=1S/C18H21F2N3.HI/c1-13-5-3-4-6-15(13)12-23-18(21-2)22-8-7-14-9-16(19)11-17(20)10-14;/h3-6,9-11H,7-8,12H2,1-2H3,(H2,21,22,23);1H. The van der Waals surface area contributed by atoms with E-state index in [1.54, 1.807) is 7.05 Å². The molecule has 0 radical (unpaired) electrons. The van der Waals surface area contributed by atoms with Crippen LogP contribution in [0, 0.1) is 18.6 Å². The van der Waals surface area contributed by atoms with Crippen LogP contribution in [0.25, 0.3) is 0 Å². The molecule has 0 bridgehead atoms. The van der Waals surface area contributed by atoms with Gasteiger partial charge in [-0.1, -0.05) is 24.3 Å². The maximum Gasteiger partial charge on any atom is 0.191 e. The largest absolute Gasteiger partial charge is 0.356 e. The van der Waals surface area contributed by atoms with Crippen LogP contribution in [-0.2, 0) is 13.0 Å². The van der Waals surface area contributed by atoms with Gasteiger partial charge in [0.25, 0.3) is 0 Å². The molecule has 130 valence electrons. The summed E-state index contributed by atoms with van der Waals surface area (Å²) >= 11 is 0. The molecule has 0 saturated heterocycles. The molecule has 2 rings (SSSR count). The van der Waals surface area contributed by atoms with Gasteiger partial charge in [-0.3, -0.25) is 4.99 Å². The molecule has 0 fully saturated rings. The Kier molecular flexibility index (Phi) is 8.67. The fourth-order valence-electron chi connectivity index (χ4n) is 2.29. The molecule has 0 aliphatic carbocycles. The summed E-state index contributed by atoms with van der Waals surface area (Å²) < 4.78 is 26.3. The van der Waals surface area contributed by atoms with E-state index in [1.165, 1.54) is 23.3 Å². The van der Waals surface area contributed by atoms with E-state index in [4.69, 9.17) is 0 Å². The lowest BCUT2D eigenvalue weighted by Gasteiger charge is -2.13. The normalized spacial score (nSPS) is 10.9. The molecule has 0 atom stereocenters. The van der Waals surface area contributed by atoms with E-state index in [2.05, 4.69) is 34.7 Å². The maximum atomic E-state index is 13.1. The van der Waals surface area contributed by atoms with Crippen LogP contribution in [0.3, 0.4) is 0 Å². The fourth-order valence-corrected chi connectivity index (χ4v) is 2.29. The van der Waals surface area contributed by atoms with Crippen molar-refractivity contribution in [3.05, 3.63) is 70.8 Å². The lowest BCUT2D eigenvalue weighted by atomic mass is 10.1. The van der Waals surface area contributed by atoms with Crippen LogP contribution in [0.1, 0.15) is 16.7 Å². The summed E-state index contributed by atoms with van der Waals surface area (Å²) in [5, 5.41) is 6.37. The van der Waals surface area contributed by atoms with Crippen LogP contribution >= 0.6 is 24.0 Å². The van der Waals surface area contributed by atoms with Gasteiger partial charge in [0.2, 0.25) is 0 Å². The van der Waals surface area contributed by atoms with Gasteiger partial charge in [-0.15, -0.1) is 24.0 Å². The fraction of sp³-hybridized carbons (Fsp3) is 0.278. The van der Waals surface area contributed by atoms with E-state index in [0.717, 1.165) is 6.07 Å². The van der Waals surface area contributed by atoms with Crippen LogP contribution < -0.4 is 10.6 Å². The SMILES string of the molecule is CN=C(NCCc1cc(F)cc(F)c1)NCc1ccccc1C.I. The Hall–Kier alpha value is -1.70. The van der Waals surface area contributed by atoms with Crippen molar-refractivity contribution in [2.24, 2.45) is 4.99 Å². The Morgan fingerprint density at radius 2 is 1.71 bits per heavy atom. The highest BCUT2D eigenvalue weighted by Crippen LogP contribution is 2.08. The summed E-state index contributed by atoms with van der Waals surface area (Å²) in [6, 6.07) is 11.7. The molecule has 0 amide bonds. The molecule has 2 aromatic rings. The van der Waals surface area contributed by atoms with Crippen molar-refractivity contribution in [1.29, 1.82) is 0 Å². The van der Waals surface area contributed by atoms with E-state index in [0.29, 0.717) is 31.0 Å². The molecule has 0 saturated carbocycles. The summed E-state index contributed by atoms with van der Waals surface area (Å²) in [6.07, 6.45) is 0.514. The number of aryl methyl sites for hydroxylation is 1. The van der Waals surface area contributed by atoms with E-state index in [-0.39, 0.29) is 24.0 Å². The monoisotopic (exact) mass is 445 g/mol. The van der Waals surface area contributed by atoms with Crippen molar-refractivity contribution in [2.45, 2.75) is 19.9 Å². The zero-order valence-electron chi connectivity index (χ0n) is 13.8. The topological polar surface area (TPSA) is 36.4 Å². The van der Waals surface area contributed by atoms with E-state index in [9.17, 15) is 8.78 Å². The van der Waals surface area contributed by atoms with Gasteiger partial charge in [0.1, 0.15) is 11.6 Å². The number of benzene rings is 2. The molecule has 3 nitrogen and oxygen atoms in total. The number of guanidine groups is 1. The number of nitrogens with one attached hydrogen (secondary N) is 2. The highest BCUT2D eigenvalue weighted by molar-refractivity contribution is 14.0. The van der Waals surface area contributed by atoms with E-state index >= 15 is 0 Å². The Balaban J connectivity index is 0.00000288. The van der Waals surface area contributed by atoms with Gasteiger partial charge in [0.05, 0.1) is 0 Å². The smallest absolute Gasteiger partial charge is 0.191 e. The number of rotatable bonds is 5. The van der Waals surface area contributed by atoms with Gasteiger partial charge in [-0.2, -0.15) is 0 Å². The van der Waals surface area contributed by atoms with Crippen molar-refractivity contribution >= 4 is 29.9 Å². The number of hydrogen-bond donors (Lipinski definition) is 2. The Morgan fingerprint density at radius 1 is 1.04 bits per heavy atom. The molecule has 6 heteroatoms. The molecule has 0 unspecified atom stereocenters. The van der Waals surface area contributed by atoms with Crippen LogP contribution in [0.15, 0.2) is 47.5 Å². The van der Waals surface area contributed by atoms with Crippen molar-refractivity contribution in [3.63, 3.8) is 0 Å². The number of nitrogens with zero attached hydrogens (tertiary/aromatic N) is 1. The molecule has 0 heterocycles. The zero-order valence-corrected chi connectivity index (χ0v) is 16.1. The van der Waals surface area contributed by atoms with Crippen molar-refractivity contribution in [1.82, 2.24) is 10.6 Å². The number of hydrogen-bond acceptors (Lipinski definition) is 1. The first-order chi connectivity index (χ1) is 11.1. The molecule has 0 spiro atoms. The third-order valence-electron chi connectivity index (χ3n) is 3.56. The van der Waals surface area contributed by atoms with E-state index < -0.39 is 11.6 Å². The molecule has 0 aliphatic heterocycles. The summed E-state index contributed by atoms with van der Waals surface area (Å²) in [6.45, 7) is 3.27. The average Bonchev–Trinajstić information content (AvgIpc) is 2.51. The Bertz CT molecular complexity index is 669. The second-order valence-electron chi connectivity index (χ2n) is 5.31. The molecular weight excluding hydrogens is 423 g/mol.